The summed E-state index contributed by atoms with van der Waals surface area (Å²) in [5.74, 6) is -1.69. The number of carbonyl (C=O) groups is 2. The van der Waals surface area contributed by atoms with Gasteiger partial charge in [0.25, 0.3) is 0 Å². The number of nitrogens with two attached hydrogens (primary N) is 1. The van der Waals surface area contributed by atoms with Gasteiger partial charge in [-0.15, -0.1) is 0 Å². The van der Waals surface area contributed by atoms with E-state index < -0.39 is 35.4 Å². The van der Waals surface area contributed by atoms with Gasteiger partial charge in [0.05, 0.1) is 24.5 Å². The van der Waals surface area contributed by atoms with Crippen molar-refractivity contribution in [1.82, 2.24) is 9.78 Å². The van der Waals surface area contributed by atoms with Crippen LogP contribution in [0.5, 0.6) is 0 Å². The van der Waals surface area contributed by atoms with Gasteiger partial charge in [-0.3, -0.25) is 4.79 Å². The molecule has 0 aliphatic heterocycles. The van der Waals surface area contributed by atoms with Crippen LogP contribution >= 0.6 is 0 Å². The van der Waals surface area contributed by atoms with Gasteiger partial charge < -0.3 is 15.8 Å². The van der Waals surface area contributed by atoms with E-state index in [2.05, 4.69) is 15.2 Å². The highest BCUT2D eigenvalue weighted by molar-refractivity contribution is 5.95. The Morgan fingerprint density at radius 1 is 1.32 bits per heavy atom. The zero-order valence-electron chi connectivity index (χ0n) is 15.6. The smallest absolute Gasteiger partial charge is 0.434 e. The van der Waals surface area contributed by atoms with Crippen molar-refractivity contribution in [3.63, 3.8) is 0 Å². The van der Waals surface area contributed by atoms with Gasteiger partial charge in [0, 0.05) is 5.69 Å². The summed E-state index contributed by atoms with van der Waals surface area (Å²) in [6.45, 7) is 4.97. The summed E-state index contributed by atoms with van der Waals surface area (Å²) in [5, 5.41) is 6.26. The van der Waals surface area contributed by atoms with Crippen LogP contribution in [0.3, 0.4) is 0 Å². The van der Waals surface area contributed by atoms with Crippen molar-refractivity contribution < 1.29 is 27.5 Å². The molecule has 0 aliphatic rings. The monoisotopic (exact) mass is 398 g/mol. The van der Waals surface area contributed by atoms with Gasteiger partial charge in [-0.2, -0.15) is 18.3 Å². The molecule has 0 saturated heterocycles. The number of halogens is 3. The Balaban J connectivity index is 2.43. The van der Waals surface area contributed by atoms with Crippen molar-refractivity contribution in [3.05, 3.63) is 41.7 Å². The van der Waals surface area contributed by atoms with E-state index in [1.807, 2.05) is 0 Å². The maximum atomic E-state index is 13.6. The third kappa shape index (κ3) is 4.69. The largest absolute Gasteiger partial charge is 0.462 e. The molecule has 2 aromatic rings. The lowest BCUT2D eigenvalue weighted by Crippen LogP contribution is -2.39. The molecule has 2 rings (SSSR count). The Morgan fingerprint density at radius 2 is 2.00 bits per heavy atom. The molecule has 0 unspecified atom stereocenters. The number of alkyl halides is 3. The van der Waals surface area contributed by atoms with Crippen molar-refractivity contribution in [3.8, 4) is 5.69 Å². The van der Waals surface area contributed by atoms with Gasteiger partial charge in [0.2, 0.25) is 5.91 Å². The number of nitrogens with one attached hydrogen (secondary N) is 1. The molecule has 0 fully saturated rings. The van der Waals surface area contributed by atoms with Gasteiger partial charge in [-0.1, -0.05) is 19.9 Å². The average molecular weight is 398 g/mol. The van der Waals surface area contributed by atoms with E-state index in [4.69, 9.17) is 5.73 Å². The highest BCUT2D eigenvalue weighted by atomic mass is 19.4. The first-order chi connectivity index (χ1) is 13.1. The third-order valence-corrected chi connectivity index (χ3v) is 3.91. The van der Waals surface area contributed by atoms with E-state index in [-0.39, 0.29) is 23.9 Å². The van der Waals surface area contributed by atoms with Crippen LogP contribution in [0, 0.1) is 5.92 Å². The van der Waals surface area contributed by atoms with Crippen molar-refractivity contribution in [2.45, 2.75) is 33.0 Å². The summed E-state index contributed by atoms with van der Waals surface area (Å²) >= 11 is 0. The number of carbonyl (C=O) groups excluding carboxylic acids is 2. The van der Waals surface area contributed by atoms with Gasteiger partial charge in [0.1, 0.15) is 5.56 Å². The third-order valence-electron chi connectivity index (χ3n) is 3.91. The molecule has 28 heavy (non-hydrogen) atoms. The summed E-state index contributed by atoms with van der Waals surface area (Å²) in [5.41, 5.74) is 4.09. The first kappa shape index (κ1) is 21.4. The fourth-order valence-electron chi connectivity index (χ4n) is 2.42. The Labute approximate surface area is 159 Å². The van der Waals surface area contributed by atoms with Crippen molar-refractivity contribution in [2.75, 3.05) is 11.9 Å². The lowest BCUT2D eigenvalue weighted by Gasteiger charge is -2.16. The minimum atomic E-state index is -4.85. The highest BCUT2D eigenvalue weighted by Crippen LogP contribution is 2.34. The molecule has 0 aliphatic carbocycles. The van der Waals surface area contributed by atoms with Crippen molar-refractivity contribution >= 4 is 17.6 Å². The zero-order valence-corrected chi connectivity index (χ0v) is 15.6. The van der Waals surface area contributed by atoms with Crippen LogP contribution in [0.1, 0.15) is 36.8 Å². The molecule has 1 atom stereocenters. The number of benzene rings is 1. The molecule has 152 valence electrons. The van der Waals surface area contributed by atoms with Crippen LogP contribution in [-0.4, -0.2) is 34.3 Å². The van der Waals surface area contributed by atoms with E-state index in [0.29, 0.717) is 4.68 Å². The van der Waals surface area contributed by atoms with Crippen LogP contribution in [0.4, 0.5) is 18.9 Å². The number of anilines is 1. The fourth-order valence-corrected chi connectivity index (χ4v) is 2.42. The molecule has 1 heterocycles. The summed E-state index contributed by atoms with van der Waals surface area (Å²) in [7, 11) is 0. The van der Waals surface area contributed by atoms with Crippen LogP contribution in [0.15, 0.2) is 30.5 Å². The second-order valence-electron chi connectivity index (χ2n) is 6.35. The molecule has 1 aromatic carbocycles. The van der Waals surface area contributed by atoms with Crippen LogP contribution in [0.25, 0.3) is 5.69 Å². The second kappa shape index (κ2) is 8.42. The molecule has 7 nitrogen and oxygen atoms in total. The Morgan fingerprint density at radius 3 is 2.57 bits per heavy atom. The Bertz CT molecular complexity index is 862. The zero-order chi connectivity index (χ0) is 21.1. The summed E-state index contributed by atoms with van der Waals surface area (Å²) in [6.07, 6.45) is -4.04. The number of amides is 1. The summed E-state index contributed by atoms with van der Waals surface area (Å²) in [6, 6.07) is 4.88. The predicted molar refractivity (Wildman–Crippen MR) is 96.0 cm³/mol. The van der Waals surface area contributed by atoms with Crippen LogP contribution < -0.4 is 11.1 Å². The fraction of sp³-hybridized carbons (Fsp3) is 0.389. The first-order valence-corrected chi connectivity index (χ1v) is 8.55. The molecule has 0 saturated carbocycles. The molecule has 1 aromatic heterocycles. The Kier molecular flexibility index (Phi) is 6.45. The van der Waals surface area contributed by atoms with E-state index in [1.54, 1.807) is 13.8 Å². The molecule has 0 spiro atoms. The molecular weight excluding hydrogens is 377 g/mol. The first-order valence-electron chi connectivity index (χ1n) is 8.55. The molecule has 0 radical (unpaired) electrons. The lowest BCUT2D eigenvalue weighted by molar-refractivity contribution is -0.143. The van der Waals surface area contributed by atoms with Gasteiger partial charge in [-0.25, -0.2) is 9.48 Å². The summed E-state index contributed by atoms with van der Waals surface area (Å²) in [4.78, 5) is 24.0. The average Bonchev–Trinajstić information content (AvgIpc) is 3.07. The molecule has 10 heteroatoms. The van der Waals surface area contributed by atoms with E-state index in [9.17, 15) is 22.8 Å². The lowest BCUT2D eigenvalue weighted by atomic mass is 10.0. The number of nitrogens with zero attached hydrogens (tertiary/aromatic N) is 2. The van der Waals surface area contributed by atoms with E-state index in [1.165, 1.54) is 31.2 Å². The molecular formula is C18H21F3N4O3. The quantitative estimate of drug-likeness (QED) is 0.729. The predicted octanol–water partition coefficient (Wildman–Crippen LogP) is 2.99. The minimum Gasteiger partial charge on any atom is -0.462 e. The number of hydrogen-bond donors (Lipinski definition) is 2. The van der Waals surface area contributed by atoms with Crippen molar-refractivity contribution in [2.24, 2.45) is 11.7 Å². The standard InChI is InChI=1S/C18H21F3N4O3/c1-4-28-17(27)13-9-23-25(15(13)18(19,20)21)12-7-5-6-11(8-12)24-16(26)14(22)10(2)3/h5-10,14H,4,22H2,1-3H3,(H,24,26)/t14-/m0/s1. The van der Waals surface area contributed by atoms with Gasteiger partial charge in [0.15, 0.2) is 5.69 Å². The highest BCUT2D eigenvalue weighted by Gasteiger charge is 2.41. The number of aromatic nitrogens is 2. The number of rotatable bonds is 6. The SMILES string of the molecule is CCOC(=O)c1cnn(-c2cccc(NC(=O)[C@@H](N)C(C)C)c2)c1C(F)(F)F. The van der Waals surface area contributed by atoms with E-state index >= 15 is 0 Å². The maximum absolute atomic E-state index is 13.6. The number of esters is 1. The number of ether oxygens (including phenoxy) is 1. The van der Waals surface area contributed by atoms with E-state index in [0.717, 1.165) is 6.20 Å². The Hall–Kier alpha value is -2.88. The van der Waals surface area contributed by atoms with Crippen LogP contribution in [-0.2, 0) is 15.7 Å². The second-order valence-corrected chi connectivity index (χ2v) is 6.35. The summed E-state index contributed by atoms with van der Waals surface area (Å²) < 4.78 is 46.0. The number of hydrogen-bond acceptors (Lipinski definition) is 5. The normalized spacial score (nSPS) is 12.7. The maximum Gasteiger partial charge on any atom is 0.434 e. The molecule has 3 N–H and O–H groups in total. The van der Waals surface area contributed by atoms with Gasteiger partial charge >= 0.3 is 12.1 Å². The van der Waals surface area contributed by atoms with Crippen molar-refractivity contribution in [1.29, 1.82) is 0 Å². The van der Waals surface area contributed by atoms with Gasteiger partial charge in [-0.05, 0) is 31.0 Å². The molecule has 0 bridgehead atoms. The molecule has 1 amide bonds. The van der Waals surface area contributed by atoms with Crippen LogP contribution in [0.2, 0.25) is 0 Å². The minimum absolute atomic E-state index is 0.0128. The topological polar surface area (TPSA) is 99.2 Å².